The topological polar surface area (TPSA) is 66.9 Å². The lowest BCUT2D eigenvalue weighted by molar-refractivity contribution is -0.122. The third-order valence-corrected chi connectivity index (χ3v) is 2.03. The zero-order valence-electron chi connectivity index (χ0n) is 11.0. The molecular weight excluding hydrogens is 216 g/mol. The van der Waals surface area contributed by atoms with Crippen LogP contribution in [0.1, 0.15) is 33.4 Å². The molecule has 0 aliphatic rings. The quantitative estimate of drug-likeness (QED) is 0.834. The SMILES string of the molecule is Cc1ccnc(NC(C)C(=O)NC(C)(C)C)n1. The number of aryl methyl sites for hydroxylation is 1. The van der Waals surface area contributed by atoms with E-state index in [9.17, 15) is 4.79 Å². The number of amides is 1. The summed E-state index contributed by atoms with van der Waals surface area (Å²) in [6.07, 6.45) is 1.67. The molecule has 0 aliphatic heterocycles. The van der Waals surface area contributed by atoms with Crippen LogP contribution >= 0.6 is 0 Å². The molecule has 2 N–H and O–H groups in total. The van der Waals surface area contributed by atoms with Gasteiger partial charge in [-0.05, 0) is 40.7 Å². The Labute approximate surface area is 102 Å². The Morgan fingerprint density at radius 3 is 2.59 bits per heavy atom. The van der Waals surface area contributed by atoms with E-state index in [0.29, 0.717) is 5.95 Å². The first kappa shape index (κ1) is 13.4. The average Bonchev–Trinajstić information content (AvgIpc) is 2.14. The monoisotopic (exact) mass is 236 g/mol. The number of carbonyl (C=O) groups excluding carboxylic acids is 1. The molecule has 1 atom stereocenters. The Bertz CT molecular complexity index is 398. The number of hydrogen-bond acceptors (Lipinski definition) is 4. The van der Waals surface area contributed by atoms with Crippen molar-refractivity contribution in [1.82, 2.24) is 15.3 Å². The lowest BCUT2D eigenvalue weighted by atomic mass is 10.1. The van der Waals surface area contributed by atoms with E-state index in [-0.39, 0.29) is 17.5 Å². The summed E-state index contributed by atoms with van der Waals surface area (Å²) in [7, 11) is 0. The fourth-order valence-electron chi connectivity index (χ4n) is 1.26. The Morgan fingerprint density at radius 2 is 2.06 bits per heavy atom. The molecule has 1 amide bonds. The van der Waals surface area contributed by atoms with E-state index in [1.165, 1.54) is 0 Å². The number of nitrogens with one attached hydrogen (secondary N) is 2. The molecule has 0 aromatic carbocycles. The number of hydrogen-bond donors (Lipinski definition) is 2. The van der Waals surface area contributed by atoms with Gasteiger partial charge in [0.05, 0.1) is 0 Å². The minimum Gasteiger partial charge on any atom is -0.350 e. The largest absolute Gasteiger partial charge is 0.350 e. The molecule has 0 aliphatic carbocycles. The van der Waals surface area contributed by atoms with Gasteiger partial charge in [-0.1, -0.05) is 0 Å². The van der Waals surface area contributed by atoms with Crippen LogP contribution < -0.4 is 10.6 Å². The van der Waals surface area contributed by atoms with Gasteiger partial charge in [-0.15, -0.1) is 0 Å². The lowest BCUT2D eigenvalue weighted by Crippen LogP contribution is -2.47. The Hall–Kier alpha value is -1.65. The first-order valence-corrected chi connectivity index (χ1v) is 5.66. The fraction of sp³-hybridized carbons (Fsp3) is 0.583. The van der Waals surface area contributed by atoms with Crippen LogP contribution in [0.3, 0.4) is 0 Å². The van der Waals surface area contributed by atoms with Crippen molar-refractivity contribution in [3.8, 4) is 0 Å². The minimum absolute atomic E-state index is 0.0670. The standard InChI is InChI=1S/C12H20N4O/c1-8-6-7-13-11(14-8)15-9(2)10(17)16-12(3,4)5/h6-7,9H,1-5H3,(H,16,17)(H,13,14,15). The second kappa shape index (κ2) is 5.12. The molecule has 1 aromatic heterocycles. The van der Waals surface area contributed by atoms with Gasteiger partial charge >= 0.3 is 0 Å². The summed E-state index contributed by atoms with van der Waals surface area (Å²) in [6, 6.07) is 1.45. The highest BCUT2D eigenvalue weighted by atomic mass is 16.2. The van der Waals surface area contributed by atoms with Gasteiger partial charge in [-0.3, -0.25) is 4.79 Å². The summed E-state index contributed by atoms with van der Waals surface area (Å²) >= 11 is 0. The van der Waals surface area contributed by atoms with E-state index in [1.54, 1.807) is 13.1 Å². The minimum atomic E-state index is -0.365. The van der Waals surface area contributed by atoms with Crippen LogP contribution in [0.4, 0.5) is 5.95 Å². The average molecular weight is 236 g/mol. The molecule has 17 heavy (non-hydrogen) atoms. The zero-order chi connectivity index (χ0) is 13.1. The Kier molecular flexibility index (Phi) is 4.04. The van der Waals surface area contributed by atoms with E-state index < -0.39 is 0 Å². The van der Waals surface area contributed by atoms with Crippen molar-refractivity contribution in [2.45, 2.75) is 46.2 Å². The maximum atomic E-state index is 11.8. The molecule has 1 aromatic rings. The number of carbonyl (C=O) groups is 1. The molecule has 0 saturated carbocycles. The van der Waals surface area contributed by atoms with Crippen LogP contribution in [0.25, 0.3) is 0 Å². The summed E-state index contributed by atoms with van der Waals surface area (Å²) in [6.45, 7) is 9.50. The Balaban J connectivity index is 2.60. The van der Waals surface area contributed by atoms with Crippen LogP contribution in [0, 0.1) is 6.92 Å². The smallest absolute Gasteiger partial charge is 0.242 e. The fourth-order valence-corrected chi connectivity index (χ4v) is 1.26. The molecule has 0 saturated heterocycles. The molecule has 94 valence electrons. The second-order valence-corrected chi connectivity index (χ2v) is 5.13. The molecule has 0 bridgehead atoms. The van der Waals surface area contributed by atoms with Crippen molar-refractivity contribution in [2.24, 2.45) is 0 Å². The highest BCUT2D eigenvalue weighted by Crippen LogP contribution is 2.04. The highest BCUT2D eigenvalue weighted by molar-refractivity contribution is 5.84. The molecular formula is C12H20N4O. The lowest BCUT2D eigenvalue weighted by Gasteiger charge is -2.23. The third kappa shape index (κ3) is 4.80. The van der Waals surface area contributed by atoms with Crippen LogP contribution in [0.15, 0.2) is 12.3 Å². The van der Waals surface area contributed by atoms with Crippen LogP contribution in [-0.4, -0.2) is 27.5 Å². The first-order chi connectivity index (χ1) is 7.78. The van der Waals surface area contributed by atoms with Crippen molar-refractivity contribution >= 4 is 11.9 Å². The molecule has 0 radical (unpaired) electrons. The predicted molar refractivity (Wildman–Crippen MR) is 67.7 cm³/mol. The molecule has 1 heterocycles. The van der Waals surface area contributed by atoms with Gasteiger partial charge in [0.15, 0.2) is 0 Å². The van der Waals surface area contributed by atoms with Gasteiger partial charge in [0.25, 0.3) is 0 Å². The molecule has 0 spiro atoms. The number of nitrogens with zero attached hydrogens (tertiary/aromatic N) is 2. The van der Waals surface area contributed by atoms with E-state index in [1.807, 2.05) is 33.8 Å². The maximum Gasteiger partial charge on any atom is 0.242 e. The second-order valence-electron chi connectivity index (χ2n) is 5.13. The van der Waals surface area contributed by atoms with Crippen molar-refractivity contribution in [2.75, 3.05) is 5.32 Å². The number of aromatic nitrogens is 2. The molecule has 5 heteroatoms. The van der Waals surface area contributed by atoms with Crippen molar-refractivity contribution < 1.29 is 4.79 Å². The van der Waals surface area contributed by atoms with Crippen molar-refractivity contribution in [1.29, 1.82) is 0 Å². The van der Waals surface area contributed by atoms with E-state index in [0.717, 1.165) is 5.69 Å². The number of anilines is 1. The van der Waals surface area contributed by atoms with Crippen LogP contribution in [0.2, 0.25) is 0 Å². The normalized spacial score (nSPS) is 13.0. The summed E-state index contributed by atoms with van der Waals surface area (Å²) in [5, 5.41) is 5.87. The van der Waals surface area contributed by atoms with Crippen molar-refractivity contribution in [3.63, 3.8) is 0 Å². The van der Waals surface area contributed by atoms with Gasteiger partial charge in [0, 0.05) is 17.4 Å². The molecule has 5 nitrogen and oxygen atoms in total. The summed E-state index contributed by atoms with van der Waals surface area (Å²) < 4.78 is 0. The molecule has 0 fully saturated rings. The van der Waals surface area contributed by atoms with E-state index >= 15 is 0 Å². The van der Waals surface area contributed by atoms with Crippen molar-refractivity contribution in [3.05, 3.63) is 18.0 Å². The number of rotatable bonds is 3. The summed E-state index contributed by atoms with van der Waals surface area (Å²) in [4.78, 5) is 20.1. The Morgan fingerprint density at radius 1 is 1.41 bits per heavy atom. The van der Waals surface area contributed by atoms with Gasteiger partial charge in [0.2, 0.25) is 11.9 Å². The van der Waals surface area contributed by atoms with E-state index in [2.05, 4.69) is 20.6 Å². The first-order valence-electron chi connectivity index (χ1n) is 5.66. The van der Waals surface area contributed by atoms with Gasteiger partial charge in [-0.2, -0.15) is 0 Å². The summed E-state index contributed by atoms with van der Waals surface area (Å²) in [5.74, 6) is 0.407. The van der Waals surface area contributed by atoms with Crippen LogP contribution in [0.5, 0.6) is 0 Å². The predicted octanol–water partition coefficient (Wildman–Crippen LogP) is 1.50. The van der Waals surface area contributed by atoms with Gasteiger partial charge < -0.3 is 10.6 Å². The van der Waals surface area contributed by atoms with Gasteiger partial charge in [-0.25, -0.2) is 9.97 Å². The molecule has 1 rings (SSSR count). The summed E-state index contributed by atoms with van der Waals surface area (Å²) in [5.41, 5.74) is 0.631. The molecule has 1 unspecified atom stereocenters. The van der Waals surface area contributed by atoms with E-state index in [4.69, 9.17) is 0 Å². The van der Waals surface area contributed by atoms with Gasteiger partial charge in [0.1, 0.15) is 6.04 Å². The maximum absolute atomic E-state index is 11.8. The highest BCUT2D eigenvalue weighted by Gasteiger charge is 2.19. The zero-order valence-corrected chi connectivity index (χ0v) is 11.0. The van der Waals surface area contributed by atoms with Crippen LogP contribution in [-0.2, 0) is 4.79 Å². The third-order valence-electron chi connectivity index (χ3n) is 2.03.